The summed E-state index contributed by atoms with van der Waals surface area (Å²) in [5, 5.41) is 3.53. The summed E-state index contributed by atoms with van der Waals surface area (Å²) in [7, 11) is 0. The number of carbonyl (C=O) groups excluding carboxylic acids is 1. The maximum absolute atomic E-state index is 11.3. The molecule has 3 aromatic carbocycles. The lowest BCUT2D eigenvalue weighted by atomic mass is 9.97. The van der Waals surface area contributed by atoms with E-state index in [-0.39, 0.29) is 5.78 Å². The molecule has 1 N–H and O–H groups in total. The van der Waals surface area contributed by atoms with Crippen LogP contribution in [0.1, 0.15) is 66.8 Å². The van der Waals surface area contributed by atoms with E-state index in [0.717, 1.165) is 63.1 Å². The Hall–Kier alpha value is -3.62. The Morgan fingerprint density at radius 2 is 1.79 bits per heavy atom. The first kappa shape index (κ1) is 28.4. The van der Waals surface area contributed by atoms with E-state index in [4.69, 9.17) is 16.0 Å². The van der Waals surface area contributed by atoms with Crippen LogP contribution in [0.5, 0.6) is 11.5 Å². The highest BCUT2D eigenvalue weighted by atomic mass is 16.5. The fourth-order valence-electron chi connectivity index (χ4n) is 5.32. The molecule has 0 heterocycles. The van der Waals surface area contributed by atoms with Gasteiger partial charge >= 0.3 is 0 Å². The number of hydrogen-bond donors (Lipinski definition) is 1. The molecule has 0 fully saturated rings. The highest BCUT2D eigenvalue weighted by molar-refractivity contribution is 5.75. The number of hydrogen-bond acceptors (Lipinski definition) is 4. The van der Waals surface area contributed by atoms with E-state index in [2.05, 4.69) is 65.6 Å². The Bertz CT molecular complexity index is 1290. The van der Waals surface area contributed by atoms with Gasteiger partial charge in [0, 0.05) is 31.0 Å². The average molecular weight is 525 g/mol. The molecule has 5 heteroatoms. The first-order valence-electron chi connectivity index (χ1n) is 14.2. The van der Waals surface area contributed by atoms with Gasteiger partial charge in [0.25, 0.3) is 0 Å². The molecular weight excluding hydrogens is 484 g/mol. The van der Waals surface area contributed by atoms with Crippen molar-refractivity contribution in [2.24, 2.45) is 0 Å². The summed E-state index contributed by atoms with van der Waals surface area (Å²) in [6.07, 6.45) is 6.28. The van der Waals surface area contributed by atoms with Crippen LogP contribution in [0.25, 0.3) is 16.0 Å². The van der Waals surface area contributed by atoms with Crippen molar-refractivity contribution in [1.29, 1.82) is 0 Å². The van der Waals surface area contributed by atoms with E-state index in [1.165, 1.54) is 38.9 Å². The van der Waals surface area contributed by atoms with Crippen molar-refractivity contribution in [3.8, 4) is 22.6 Å². The largest absolute Gasteiger partial charge is 0.493 e. The Morgan fingerprint density at radius 1 is 0.974 bits per heavy atom. The zero-order valence-corrected chi connectivity index (χ0v) is 23.4. The average Bonchev–Trinajstić information content (AvgIpc) is 3.43. The Morgan fingerprint density at radius 3 is 2.59 bits per heavy atom. The molecular formula is C34H40N2O3. The van der Waals surface area contributed by atoms with Gasteiger partial charge in [-0.2, -0.15) is 0 Å². The van der Waals surface area contributed by atoms with Gasteiger partial charge in [-0.05, 0) is 85.9 Å². The second-order valence-corrected chi connectivity index (χ2v) is 10.3. The molecule has 0 amide bonds. The number of Topliss-reactive ketones (excluding diaryl/α,β-unsaturated/α-hetero) is 1. The van der Waals surface area contributed by atoms with E-state index in [1.54, 1.807) is 6.92 Å². The SMILES string of the molecule is [C-]#[N+]CCCCOc1cc(OCc2cccc(-c3ccccc3)c2C)c2c(c1CNCCCC(C)=O)CCC2. The topological polar surface area (TPSA) is 51.9 Å². The minimum Gasteiger partial charge on any atom is -0.493 e. The van der Waals surface area contributed by atoms with Gasteiger partial charge in [0.05, 0.1) is 6.61 Å². The number of fused-ring (bicyclic) bond motifs is 1. The Kier molecular flexibility index (Phi) is 10.6. The zero-order valence-electron chi connectivity index (χ0n) is 23.4. The highest BCUT2D eigenvalue weighted by Crippen LogP contribution is 2.40. The smallest absolute Gasteiger partial charge is 0.214 e. The molecule has 1 aliphatic rings. The molecule has 0 radical (unpaired) electrons. The second-order valence-electron chi connectivity index (χ2n) is 10.3. The van der Waals surface area contributed by atoms with Crippen LogP contribution < -0.4 is 14.8 Å². The first-order valence-corrected chi connectivity index (χ1v) is 14.2. The predicted octanol–water partition coefficient (Wildman–Crippen LogP) is 7.27. The molecule has 0 saturated carbocycles. The molecule has 3 aromatic rings. The van der Waals surface area contributed by atoms with Crippen LogP contribution >= 0.6 is 0 Å². The molecule has 0 atom stereocenters. The number of nitrogens with one attached hydrogen (secondary N) is 1. The van der Waals surface area contributed by atoms with E-state index in [0.29, 0.717) is 26.2 Å². The Balaban J connectivity index is 1.54. The highest BCUT2D eigenvalue weighted by Gasteiger charge is 2.24. The third-order valence-corrected chi connectivity index (χ3v) is 7.46. The van der Waals surface area contributed by atoms with E-state index in [9.17, 15) is 4.79 Å². The van der Waals surface area contributed by atoms with Gasteiger partial charge in [0.1, 0.15) is 23.9 Å². The van der Waals surface area contributed by atoms with Crippen LogP contribution in [0, 0.1) is 13.5 Å². The van der Waals surface area contributed by atoms with Crippen LogP contribution in [0.2, 0.25) is 0 Å². The number of rotatable bonds is 15. The van der Waals surface area contributed by atoms with Crippen molar-refractivity contribution in [3.05, 3.63) is 93.8 Å². The van der Waals surface area contributed by atoms with Crippen LogP contribution in [0.4, 0.5) is 0 Å². The summed E-state index contributed by atoms with van der Waals surface area (Å²) in [6.45, 7) is 14.0. The molecule has 4 rings (SSSR count). The quantitative estimate of drug-likeness (QED) is 0.168. The Labute approximate surface area is 233 Å². The maximum atomic E-state index is 11.3. The van der Waals surface area contributed by atoms with E-state index in [1.807, 2.05) is 6.07 Å². The number of ketones is 1. The van der Waals surface area contributed by atoms with Crippen molar-refractivity contribution in [3.63, 3.8) is 0 Å². The summed E-state index contributed by atoms with van der Waals surface area (Å²) in [5.41, 5.74) is 8.72. The van der Waals surface area contributed by atoms with Crippen LogP contribution in [0.3, 0.4) is 0 Å². The van der Waals surface area contributed by atoms with Crippen molar-refractivity contribution in [2.75, 3.05) is 19.7 Å². The summed E-state index contributed by atoms with van der Waals surface area (Å²) >= 11 is 0. The van der Waals surface area contributed by atoms with Crippen LogP contribution in [-0.4, -0.2) is 25.5 Å². The molecule has 0 aliphatic heterocycles. The zero-order chi connectivity index (χ0) is 27.5. The third kappa shape index (κ3) is 7.71. The minimum absolute atomic E-state index is 0.229. The van der Waals surface area contributed by atoms with Crippen LogP contribution in [-0.2, 0) is 30.8 Å². The van der Waals surface area contributed by atoms with Gasteiger partial charge in [-0.15, -0.1) is 0 Å². The number of carbonyl (C=O) groups is 1. The number of unbranched alkanes of at least 4 members (excludes halogenated alkanes) is 1. The number of ether oxygens (including phenoxy) is 2. The second kappa shape index (κ2) is 14.5. The summed E-state index contributed by atoms with van der Waals surface area (Å²) in [6, 6.07) is 19.0. The lowest BCUT2D eigenvalue weighted by Crippen LogP contribution is -2.18. The maximum Gasteiger partial charge on any atom is 0.214 e. The lowest BCUT2D eigenvalue weighted by Gasteiger charge is -2.20. The molecule has 5 nitrogen and oxygen atoms in total. The summed E-state index contributed by atoms with van der Waals surface area (Å²) in [4.78, 5) is 14.8. The molecule has 0 unspecified atom stereocenters. The molecule has 0 aromatic heterocycles. The third-order valence-electron chi connectivity index (χ3n) is 7.46. The molecule has 0 bridgehead atoms. The van der Waals surface area contributed by atoms with Crippen molar-refractivity contribution >= 4 is 5.78 Å². The predicted molar refractivity (Wildman–Crippen MR) is 157 cm³/mol. The standard InChI is InChI=1S/C34H40N2O3/c1-25(37)12-11-20-36-23-32-30-17-10-18-31(30)33(22-34(32)38-21-8-7-19-35-3)39-24-28-15-9-16-29(26(28)2)27-13-5-4-6-14-27/h4-6,9,13-16,22,36H,7-8,10-12,17-21,23-24H2,1-2H3. The van der Waals surface area contributed by atoms with E-state index >= 15 is 0 Å². The first-order chi connectivity index (χ1) is 19.1. The summed E-state index contributed by atoms with van der Waals surface area (Å²) < 4.78 is 12.9. The van der Waals surface area contributed by atoms with Gasteiger partial charge in [0.15, 0.2) is 0 Å². The fraction of sp³-hybridized carbons (Fsp3) is 0.412. The molecule has 39 heavy (non-hydrogen) atoms. The molecule has 1 aliphatic carbocycles. The molecule has 204 valence electrons. The minimum atomic E-state index is 0.229. The lowest BCUT2D eigenvalue weighted by molar-refractivity contribution is -0.117. The molecule has 0 spiro atoms. The van der Waals surface area contributed by atoms with Gasteiger partial charge in [0.2, 0.25) is 6.54 Å². The number of benzene rings is 3. The van der Waals surface area contributed by atoms with Gasteiger partial charge in [-0.25, -0.2) is 6.57 Å². The van der Waals surface area contributed by atoms with Crippen LogP contribution in [0.15, 0.2) is 54.6 Å². The van der Waals surface area contributed by atoms with Crippen molar-refractivity contribution in [2.45, 2.75) is 71.9 Å². The van der Waals surface area contributed by atoms with Gasteiger partial charge < -0.3 is 24.4 Å². The monoisotopic (exact) mass is 524 g/mol. The normalized spacial score (nSPS) is 12.1. The van der Waals surface area contributed by atoms with Crippen molar-refractivity contribution in [1.82, 2.24) is 5.32 Å². The molecule has 0 saturated heterocycles. The van der Waals surface area contributed by atoms with Gasteiger partial charge in [-0.3, -0.25) is 0 Å². The van der Waals surface area contributed by atoms with Crippen molar-refractivity contribution < 1.29 is 14.3 Å². The number of nitrogens with zero attached hydrogens (tertiary/aromatic N) is 1. The summed E-state index contributed by atoms with van der Waals surface area (Å²) in [5.74, 6) is 2.03. The van der Waals surface area contributed by atoms with E-state index < -0.39 is 0 Å². The fourth-order valence-corrected chi connectivity index (χ4v) is 5.32. The van der Waals surface area contributed by atoms with Gasteiger partial charge in [-0.1, -0.05) is 48.5 Å².